The van der Waals surface area contributed by atoms with Crippen molar-refractivity contribution in [2.24, 2.45) is 0 Å². The van der Waals surface area contributed by atoms with Crippen LogP contribution < -0.4 is 0 Å². The van der Waals surface area contributed by atoms with Crippen molar-refractivity contribution in [2.45, 2.75) is 6.54 Å². The van der Waals surface area contributed by atoms with Gasteiger partial charge in [0.25, 0.3) is 5.91 Å². The molecule has 1 amide bonds. The predicted octanol–water partition coefficient (Wildman–Crippen LogP) is 4.61. The molecule has 0 aliphatic rings. The lowest BCUT2D eigenvalue weighted by Gasteiger charge is -2.16. The number of aromatic amines is 1. The monoisotopic (exact) mass is 357 g/mol. The van der Waals surface area contributed by atoms with Gasteiger partial charge in [-0.2, -0.15) is 5.10 Å². The van der Waals surface area contributed by atoms with Gasteiger partial charge in [0.05, 0.1) is 6.26 Å². The van der Waals surface area contributed by atoms with E-state index >= 15 is 0 Å². The molecular formula is C22H19N3O2. The second-order valence-corrected chi connectivity index (χ2v) is 6.37. The number of furan rings is 1. The normalized spacial score (nSPS) is 10.7. The van der Waals surface area contributed by atoms with Crippen LogP contribution in [0.15, 0.2) is 83.5 Å². The molecule has 1 N–H and O–H groups in total. The molecule has 0 bridgehead atoms. The molecule has 2 aromatic heterocycles. The maximum Gasteiger partial charge on any atom is 0.274 e. The summed E-state index contributed by atoms with van der Waals surface area (Å²) < 4.78 is 5.32. The standard InChI is InChI=1S/C22H19N3O2/c1-25(22(26)20-14-19(23-24-20)21-8-5-13-27-21)15-16-9-11-18(12-10-16)17-6-3-2-4-7-17/h2-14H,15H2,1H3,(H,23,24). The number of hydrogen-bond donors (Lipinski definition) is 1. The summed E-state index contributed by atoms with van der Waals surface area (Å²) in [6, 6.07) is 23.8. The summed E-state index contributed by atoms with van der Waals surface area (Å²) >= 11 is 0. The number of benzene rings is 2. The number of carbonyl (C=O) groups is 1. The van der Waals surface area contributed by atoms with Crippen LogP contribution in [0.3, 0.4) is 0 Å². The van der Waals surface area contributed by atoms with Crippen LogP contribution in [0.5, 0.6) is 0 Å². The molecule has 5 nitrogen and oxygen atoms in total. The van der Waals surface area contributed by atoms with E-state index in [4.69, 9.17) is 4.42 Å². The molecule has 4 rings (SSSR count). The fourth-order valence-corrected chi connectivity index (χ4v) is 2.96. The van der Waals surface area contributed by atoms with Gasteiger partial charge >= 0.3 is 0 Å². The third kappa shape index (κ3) is 3.67. The van der Waals surface area contributed by atoms with E-state index in [1.54, 1.807) is 30.3 Å². The van der Waals surface area contributed by atoms with E-state index in [2.05, 4.69) is 34.5 Å². The van der Waals surface area contributed by atoms with Crippen LogP contribution >= 0.6 is 0 Å². The second-order valence-electron chi connectivity index (χ2n) is 6.37. The van der Waals surface area contributed by atoms with Crippen LogP contribution in [0.4, 0.5) is 0 Å². The summed E-state index contributed by atoms with van der Waals surface area (Å²) in [5, 5.41) is 6.95. The van der Waals surface area contributed by atoms with Crippen LogP contribution in [-0.2, 0) is 6.54 Å². The predicted molar refractivity (Wildman–Crippen MR) is 104 cm³/mol. The average Bonchev–Trinajstić information content (AvgIpc) is 3.40. The highest BCUT2D eigenvalue weighted by atomic mass is 16.3. The minimum atomic E-state index is -0.142. The quantitative estimate of drug-likeness (QED) is 0.567. The number of nitrogens with one attached hydrogen (secondary N) is 1. The molecule has 134 valence electrons. The van der Waals surface area contributed by atoms with E-state index < -0.39 is 0 Å². The first-order chi connectivity index (χ1) is 13.2. The van der Waals surface area contributed by atoms with Crippen molar-refractivity contribution in [3.8, 4) is 22.6 Å². The number of H-pyrrole nitrogens is 1. The lowest BCUT2D eigenvalue weighted by Crippen LogP contribution is -2.26. The molecular weight excluding hydrogens is 338 g/mol. The summed E-state index contributed by atoms with van der Waals surface area (Å²) in [5.41, 5.74) is 4.44. The van der Waals surface area contributed by atoms with Crippen LogP contribution in [0.25, 0.3) is 22.6 Å². The van der Waals surface area contributed by atoms with Gasteiger partial charge < -0.3 is 9.32 Å². The Kier molecular flexibility index (Phi) is 4.58. The Labute approximate surface area is 157 Å². The zero-order valence-corrected chi connectivity index (χ0v) is 14.9. The highest BCUT2D eigenvalue weighted by molar-refractivity contribution is 5.93. The molecule has 27 heavy (non-hydrogen) atoms. The van der Waals surface area contributed by atoms with Crippen molar-refractivity contribution in [2.75, 3.05) is 7.05 Å². The third-order valence-electron chi connectivity index (χ3n) is 4.41. The van der Waals surface area contributed by atoms with Gasteiger partial charge in [-0.15, -0.1) is 0 Å². The summed E-state index contributed by atoms with van der Waals surface area (Å²) in [4.78, 5) is 14.3. The van der Waals surface area contributed by atoms with E-state index in [9.17, 15) is 4.79 Å². The van der Waals surface area contributed by atoms with Gasteiger partial charge in [0.1, 0.15) is 5.69 Å². The molecule has 0 unspecified atom stereocenters. The summed E-state index contributed by atoms with van der Waals surface area (Å²) in [6.45, 7) is 0.511. The Bertz CT molecular complexity index is 1020. The van der Waals surface area contributed by atoms with E-state index in [1.165, 1.54) is 5.56 Å². The first kappa shape index (κ1) is 16.8. The van der Waals surface area contributed by atoms with Gasteiger partial charge in [0.15, 0.2) is 11.5 Å². The van der Waals surface area contributed by atoms with Crippen molar-refractivity contribution in [3.63, 3.8) is 0 Å². The SMILES string of the molecule is CN(Cc1ccc(-c2ccccc2)cc1)C(=O)c1cc(-c2ccco2)[nH]n1. The Hall–Kier alpha value is -3.60. The average molecular weight is 357 g/mol. The molecule has 5 heteroatoms. The largest absolute Gasteiger partial charge is 0.463 e. The second kappa shape index (κ2) is 7.33. The Morgan fingerprint density at radius 3 is 2.44 bits per heavy atom. The van der Waals surface area contributed by atoms with Crippen molar-refractivity contribution < 1.29 is 9.21 Å². The number of amides is 1. The van der Waals surface area contributed by atoms with E-state index in [0.717, 1.165) is 11.1 Å². The van der Waals surface area contributed by atoms with Gasteiger partial charge in [-0.1, -0.05) is 54.6 Å². The molecule has 0 radical (unpaired) electrons. The molecule has 0 saturated carbocycles. The van der Waals surface area contributed by atoms with Gasteiger partial charge in [0, 0.05) is 19.7 Å². The number of hydrogen-bond acceptors (Lipinski definition) is 3. The fraction of sp³-hybridized carbons (Fsp3) is 0.0909. The van der Waals surface area contributed by atoms with Crippen molar-refractivity contribution in [1.82, 2.24) is 15.1 Å². The van der Waals surface area contributed by atoms with Crippen molar-refractivity contribution in [1.29, 1.82) is 0 Å². The van der Waals surface area contributed by atoms with Gasteiger partial charge in [0.2, 0.25) is 0 Å². The van der Waals surface area contributed by atoms with Crippen LogP contribution in [0, 0.1) is 0 Å². The topological polar surface area (TPSA) is 62.1 Å². The number of rotatable bonds is 5. The van der Waals surface area contributed by atoms with Crippen LogP contribution in [-0.4, -0.2) is 28.1 Å². The first-order valence-corrected chi connectivity index (χ1v) is 8.70. The lowest BCUT2D eigenvalue weighted by molar-refractivity contribution is 0.0779. The number of aromatic nitrogens is 2. The Balaban J connectivity index is 1.44. The smallest absolute Gasteiger partial charge is 0.274 e. The van der Waals surface area contributed by atoms with E-state index in [-0.39, 0.29) is 5.91 Å². The molecule has 0 spiro atoms. The molecule has 4 aromatic rings. The first-order valence-electron chi connectivity index (χ1n) is 8.70. The molecule has 0 aliphatic heterocycles. The molecule has 0 atom stereocenters. The lowest BCUT2D eigenvalue weighted by atomic mass is 10.0. The summed E-state index contributed by atoms with van der Waals surface area (Å²) in [6.07, 6.45) is 1.59. The van der Waals surface area contributed by atoms with Gasteiger partial charge in [-0.3, -0.25) is 9.89 Å². The third-order valence-corrected chi connectivity index (χ3v) is 4.41. The summed E-state index contributed by atoms with van der Waals surface area (Å²) in [7, 11) is 1.77. The highest BCUT2D eigenvalue weighted by Gasteiger charge is 2.17. The van der Waals surface area contributed by atoms with Crippen LogP contribution in [0.1, 0.15) is 16.1 Å². The van der Waals surface area contributed by atoms with E-state index in [1.807, 2.05) is 36.4 Å². The number of nitrogens with zero attached hydrogens (tertiary/aromatic N) is 2. The highest BCUT2D eigenvalue weighted by Crippen LogP contribution is 2.21. The minimum absolute atomic E-state index is 0.142. The summed E-state index contributed by atoms with van der Waals surface area (Å²) in [5.74, 6) is 0.511. The zero-order chi connectivity index (χ0) is 18.6. The van der Waals surface area contributed by atoms with Crippen molar-refractivity contribution >= 4 is 5.91 Å². The Morgan fingerprint density at radius 2 is 1.74 bits per heavy atom. The zero-order valence-electron chi connectivity index (χ0n) is 14.9. The fourth-order valence-electron chi connectivity index (χ4n) is 2.96. The van der Waals surface area contributed by atoms with Gasteiger partial charge in [-0.05, 0) is 28.8 Å². The minimum Gasteiger partial charge on any atom is -0.463 e. The van der Waals surface area contributed by atoms with Crippen molar-refractivity contribution in [3.05, 3.63) is 90.3 Å². The maximum absolute atomic E-state index is 12.6. The van der Waals surface area contributed by atoms with Crippen LogP contribution in [0.2, 0.25) is 0 Å². The molecule has 0 aliphatic carbocycles. The maximum atomic E-state index is 12.6. The molecule has 2 heterocycles. The molecule has 2 aromatic carbocycles. The van der Waals surface area contributed by atoms with E-state index in [0.29, 0.717) is 23.7 Å². The molecule has 0 saturated heterocycles. The molecule has 0 fully saturated rings. The Morgan fingerprint density at radius 1 is 1.00 bits per heavy atom. The number of carbonyl (C=O) groups excluding carboxylic acids is 1. The van der Waals surface area contributed by atoms with Gasteiger partial charge in [-0.25, -0.2) is 0 Å².